The fourth-order valence-corrected chi connectivity index (χ4v) is 2.47. The Hall–Kier alpha value is -1.56. The normalized spacial score (nSPS) is 12.4. The first-order chi connectivity index (χ1) is 10.2. The van der Waals surface area contributed by atoms with Gasteiger partial charge in [-0.25, -0.2) is 0 Å². The molecule has 0 radical (unpaired) electrons. The molecule has 0 saturated carbocycles. The van der Waals surface area contributed by atoms with Crippen LogP contribution in [0.3, 0.4) is 0 Å². The van der Waals surface area contributed by atoms with Gasteiger partial charge in [-0.2, -0.15) is 5.10 Å². The van der Waals surface area contributed by atoms with Crippen molar-refractivity contribution in [2.75, 3.05) is 20.3 Å². The predicted octanol–water partition coefficient (Wildman–Crippen LogP) is 2.63. The van der Waals surface area contributed by atoms with E-state index in [9.17, 15) is 0 Å². The summed E-state index contributed by atoms with van der Waals surface area (Å²) in [4.78, 5) is 0. The number of para-hydroxylation sites is 1. The van der Waals surface area contributed by atoms with Crippen molar-refractivity contribution in [1.82, 2.24) is 9.78 Å². The van der Waals surface area contributed by atoms with Gasteiger partial charge in [0.25, 0.3) is 0 Å². The molecule has 0 spiro atoms. The SMILES string of the molecule is CCOc1ccccc1C(N)c1c(Cl)cnn1CCOC. The summed E-state index contributed by atoms with van der Waals surface area (Å²) in [6.07, 6.45) is 1.61. The quantitative estimate of drug-likeness (QED) is 0.854. The van der Waals surface area contributed by atoms with E-state index in [1.165, 1.54) is 0 Å². The number of ether oxygens (including phenoxy) is 2. The van der Waals surface area contributed by atoms with Crippen LogP contribution in [0.5, 0.6) is 5.75 Å². The van der Waals surface area contributed by atoms with Crippen LogP contribution >= 0.6 is 11.6 Å². The van der Waals surface area contributed by atoms with E-state index in [1.807, 2.05) is 31.2 Å². The Kier molecular flexibility index (Phi) is 5.61. The summed E-state index contributed by atoms with van der Waals surface area (Å²) in [7, 11) is 1.65. The van der Waals surface area contributed by atoms with Crippen LogP contribution in [-0.2, 0) is 11.3 Å². The zero-order valence-electron chi connectivity index (χ0n) is 12.3. The van der Waals surface area contributed by atoms with E-state index >= 15 is 0 Å². The molecule has 0 amide bonds. The number of hydrogen-bond acceptors (Lipinski definition) is 4. The molecular weight excluding hydrogens is 290 g/mol. The number of methoxy groups -OCH3 is 1. The van der Waals surface area contributed by atoms with Crippen molar-refractivity contribution in [2.45, 2.75) is 19.5 Å². The minimum absolute atomic E-state index is 0.403. The van der Waals surface area contributed by atoms with Crippen LogP contribution in [0.1, 0.15) is 24.2 Å². The van der Waals surface area contributed by atoms with Gasteiger partial charge >= 0.3 is 0 Å². The average molecular weight is 310 g/mol. The molecule has 21 heavy (non-hydrogen) atoms. The molecule has 1 aromatic carbocycles. The molecular formula is C15H20ClN3O2. The summed E-state index contributed by atoms with van der Waals surface area (Å²) in [5.74, 6) is 0.767. The molecule has 0 saturated heterocycles. The summed E-state index contributed by atoms with van der Waals surface area (Å²) >= 11 is 6.25. The maximum Gasteiger partial charge on any atom is 0.124 e. The number of halogens is 1. The van der Waals surface area contributed by atoms with Crippen molar-refractivity contribution in [1.29, 1.82) is 0 Å². The van der Waals surface area contributed by atoms with Crippen LogP contribution in [0.4, 0.5) is 0 Å². The van der Waals surface area contributed by atoms with Crippen molar-refractivity contribution in [3.63, 3.8) is 0 Å². The Morgan fingerprint density at radius 2 is 2.14 bits per heavy atom. The molecule has 1 aromatic heterocycles. The average Bonchev–Trinajstić information content (AvgIpc) is 2.86. The van der Waals surface area contributed by atoms with Crippen LogP contribution < -0.4 is 10.5 Å². The summed E-state index contributed by atoms with van der Waals surface area (Å²) in [5.41, 5.74) is 8.05. The third-order valence-electron chi connectivity index (χ3n) is 3.19. The fraction of sp³-hybridized carbons (Fsp3) is 0.400. The monoisotopic (exact) mass is 309 g/mol. The molecule has 0 aliphatic heterocycles. The molecule has 5 nitrogen and oxygen atoms in total. The summed E-state index contributed by atoms with van der Waals surface area (Å²) in [6, 6.07) is 7.30. The van der Waals surface area contributed by atoms with Gasteiger partial charge in [0.15, 0.2) is 0 Å². The minimum atomic E-state index is -0.403. The van der Waals surface area contributed by atoms with E-state index in [1.54, 1.807) is 18.0 Å². The Morgan fingerprint density at radius 1 is 1.38 bits per heavy atom. The lowest BCUT2D eigenvalue weighted by Gasteiger charge is -2.18. The molecule has 2 N–H and O–H groups in total. The Balaban J connectivity index is 2.35. The number of nitrogens with two attached hydrogens (primary N) is 1. The zero-order chi connectivity index (χ0) is 15.2. The van der Waals surface area contributed by atoms with E-state index in [-0.39, 0.29) is 0 Å². The van der Waals surface area contributed by atoms with Gasteiger partial charge in [-0.3, -0.25) is 4.68 Å². The van der Waals surface area contributed by atoms with Gasteiger partial charge in [-0.15, -0.1) is 0 Å². The van der Waals surface area contributed by atoms with Gasteiger partial charge in [0.2, 0.25) is 0 Å². The van der Waals surface area contributed by atoms with Crippen LogP contribution in [0.15, 0.2) is 30.5 Å². The second kappa shape index (κ2) is 7.45. The van der Waals surface area contributed by atoms with Crippen LogP contribution in [-0.4, -0.2) is 30.1 Å². The lowest BCUT2D eigenvalue weighted by molar-refractivity contribution is 0.182. The number of hydrogen-bond donors (Lipinski definition) is 1. The standard InChI is InChI=1S/C15H20ClN3O2/c1-3-21-13-7-5-4-6-11(13)14(17)15-12(16)10-18-19(15)8-9-20-2/h4-7,10,14H,3,8-9,17H2,1-2H3. The Morgan fingerprint density at radius 3 is 2.86 bits per heavy atom. The highest BCUT2D eigenvalue weighted by atomic mass is 35.5. The van der Waals surface area contributed by atoms with Crippen molar-refractivity contribution >= 4 is 11.6 Å². The smallest absolute Gasteiger partial charge is 0.124 e. The summed E-state index contributed by atoms with van der Waals surface area (Å²) < 4.78 is 12.5. The number of benzene rings is 1. The highest BCUT2D eigenvalue weighted by Gasteiger charge is 2.21. The first-order valence-electron chi connectivity index (χ1n) is 6.86. The molecule has 0 bridgehead atoms. The third kappa shape index (κ3) is 3.56. The maximum atomic E-state index is 6.40. The van der Waals surface area contributed by atoms with E-state index in [0.717, 1.165) is 17.0 Å². The van der Waals surface area contributed by atoms with E-state index < -0.39 is 6.04 Å². The topological polar surface area (TPSA) is 62.3 Å². The van der Waals surface area contributed by atoms with Crippen LogP contribution in [0, 0.1) is 0 Å². The molecule has 0 aliphatic rings. The maximum absolute atomic E-state index is 6.40. The molecule has 1 heterocycles. The second-order valence-electron chi connectivity index (χ2n) is 4.54. The summed E-state index contributed by atoms with van der Waals surface area (Å²) in [6.45, 7) is 3.67. The first kappa shape index (κ1) is 15.8. The third-order valence-corrected chi connectivity index (χ3v) is 3.48. The molecule has 6 heteroatoms. The van der Waals surface area contributed by atoms with Crippen LogP contribution in [0.25, 0.3) is 0 Å². The van der Waals surface area contributed by atoms with Crippen molar-refractivity contribution in [3.05, 3.63) is 46.7 Å². The highest BCUT2D eigenvalue weighted by molar-refractivity contribution is 6.31. The van der Waals surface area contributed by atoms with Crippen LogP contribution in [0.2, 0.25) is 5.02 Å². The largest absolute Gasteiger partial charge is 0.494 e. The van der Waals surface area contributed by atoms with Gasteiger partial charge in [-0.1, -0.05) is 29.8 Å². The fourth-order valence-electron chi connectivity index (χ4n) is 2.21. The molecule has 0 fully saturated rings. The van der Waals surface area contributed by atoms with E-state index in [0.29, 0.717) is 24.8 Å². The minimum Gasteiger partial charge on any atom is -0.494 e. The van der Waals surface area contributed by atoms with Gasteiger partial charge < -0.3 is 15.2 Å². The van der Waals surface area contributed by atoms with E-state index in [2.05, 4.69) is 5.10 Å². The second-order valence-corrected chi connectivity index (χ2v) is 4.95. The number of aromatic nitrogens is 2. The van der Waals surface area contributed by atoms with Gasteiger partial charge in [0, 0.05) is 12.7 Å². The van der Waals surface area contributed by atoms with Gasteiger partial charge in [0.1, 0.15) is 5.75 Å². The first-order valence-corrected chi connectivity index (χ1v) is 7.24. The van der Waals surface area contributed by atoms with Crippen molar-refractivity contribution < 1.29 is 9.47 Å². The molecule has 1 atom stereocenters. The number of rotatable bonds is 7. The van der Waals surface area contributed by atoms with E-state index in [4.69, 9.17) is 26.8 Å². The number of nitrogens with zero attached hydrogens (tertiary/aromatic N) is 2. The zero-order valence-corrected chi connectivity index (χ0v) is 13.0. The highest BCUT2D eigenvalue weighted by Crippen LogP contribution is 2.31. The van der Waals surface area contributed by atoms with Gasteiger partial charge in [0.05, 0.1) is 42.7 Å². The van der Waals surface area contributed by atoms with Crippen molar-refractivity contribution in [2.24, 2.45) is 5.73 Å². The molecule has 1 unspecified atom stereocenters. The molecule has 2 aromatic rings. The summed E-state index contributed by atoms with van der Waals surface area (Å²) in [5, 5.41) is 4.81. The lowest BCUT2D eigenvalue weighted by atomic mass is 10.0. The van der Waals surface area contributed by atoms with Gasteiger partial charge in [-0.05, 0) is 13.0 Å². The molecule has 114 valence electrons. The molecule has 0 aliphatic carbocycles. The predicted molar refractivity (Wildman–Crippen MR) is 82.8 cm³/mol. The van der Waals surface area contributed by atoms with Crippen molar-refractivity contribution in [3.8, 4) is 5.75 Å². The molecule has 2 rings (SSSR count). The Labute approximate surface area is 129 Å². The lowest BCUT2D eigenvalue weighted by Crippen LogP contribution is -2.20. The Bertz CT molecular complexity index is 586.